The lowest BCUT2D eigenvalue weighted by Crippen LogP contribution is -2.19. The van der Waals surface area contributed by atoms with E-state index < -0.39 is 0 Å². The second-order valence-corrected chi connectivity index (χ2v) is 4.71. The van der Waals surface area contributed by atoms with Crippen molar-refractivity contribution in [1.82, 2.24) is 10.3 Å². The molecule has 0 spiro atoms. The van der Waals surface area contributed by atoms with E-state index in [4.69, 9.17) is 9.47 Å². The van der Waals surface area contributed by atoms with Gasteiger partial charge in [0, 0.05) is 18.8 Å². The highest BCUT2D eigenvalue weighted by Gasteiger charge is 2.12. The number of aromatic hydroxyl groups is 1. The average Bonchev–Trinajstić information content (AvgIpc) is 2.54. The predicted molar refractivity (Wildman–Crippen MR) is 80.7 cm³/mol. The Kier molecular flexibility index (Phi) is 5.00. The molecular formula is C16H20N2O3. The Morgan fingerprint density at radius 3 is 2.38 bits per heavy atom. The fraction of sp³-hybridized carbons (Fsp3) is 0.312. The van der Waals surface area contributed by atoms with Gasteiger partial charge in [-0.05, 0) is 36.8 Å². The van der Waals surface area contributed by atoms with Gasteiger partial charge in [-0.3, -0.25) is 4.98 Å². The Morgan fingerprint density at radius 2 is 1.86 bits per heavy atom. The lowest BCUT2D eigenvalue weighted by molar-refractivity contribution is 0.339. The van der Waals surface area contributed by atoms with Crippen LogP contribution in [0.1, 0.15) is 24.2 Å². The van der Waals surface area contributed by atoms with Gasteiger partial charge >= 0.3 is 0 Å². The van der Waals surface area contributed by atoms with Crippen LogP contribution < -0.4 is 14.8 Å². The first-order valence-electron chi connectivity index (χ1n) is 6.74. The molecule has 0 amide bonds. The number of hydrogen-bond acceptors (Lipinski definition) is 5. The van der Waals surface area contributed by atoms with Gasteiger partial charge in [0.05, 0.1) is 19.9 Å². The molecule has 0 unspecified atom stereocenters. The van der Waals surface area contributed by atoms with E-state index in [1.807, 2.05) is 18.2 Å². The van der Waals surface area contributed by atoms with Gasteiger partial charge in [0.1, 0.15) is 0 Å². The van der Waals surface area contributed by atoms with Crippen LogP contribution in [0.2, 0.25) is 0 Å². The van der Waals surface area contributed by atoms with Crippen LogP contribution in [0, 0.1) is 0 Å². The maximum Gasteiger partial charge on any atom is 0.200 e. The van der Waals surface area contributed by atoms with E-state index in [9.17, 15) is 5.11 Å². The molecule has 0 aliphatic rings. The van der Waals surface area contributed by atoms with E-state index in [0.717, 1.165) is 11.3 Å². The third-order valence-corrected chi connectivity index (χ3v) is 3.28. The van der Waals surface area contributed by atoms with Crippen molar-refractivity contribution in [2.24, 2.45) is 0 Å². The maximum atomic E-state index is 9.89. The van der Waals surface area contributed by atoms with Gasteiger partial charge in [0.25, 0.3) is 0 Å². The molecule has 2 N–H and O–H groups in total. The molecule has 1 heterocycles. The van der Waals surface area contributed by atoms with Crippen LogP contribution in [0.3, 0.4) is 0 Å². The van der Waals surface area contributed by atoms with Gasteiger partial charge in [-0.2, -0.15) is 0 Å². The molecule has 112 valence electrons. The Labute approximate surface area is 124 Å². The number of nitrogens with one attached hydrogen (secondary N) is 1. The third-order valence-electron chi connectivity index (χ3n) is 3.28. The second-order valence-electron chi connectivity index (χ2n) is 4.71. The Hall–Kier alpha value is -2.27. The number of pyridine rings is 1. The Morgan fingerprint density at radius 1 is 1.19 bits per heavy atom. The molecule has 0 fully saturated rings. The van der Waals surface area contributed by atoms with Gasteiger partial charge in [0.2, 0.25) is 5.75 Å². The SMILES string of the molecule is COc1cc(CN[C@H](C)c2ccccn2)cc(OC)c1O. The standard InChI is InChI=1S/C16H20N2O3/c1-11(13-6-4-5-7-17-13)18-10-12-8-14(20-2)16(19)15(9-12)21-3/h4-9,11,18-19H,10H2,1-3H3/t11-/m1/s1. The first kappa shape index (κ1) is 15.1. The summed E-state index contributed by atoms with van der Waals surface area (Å²) in [6.07, 6.45) is 1.78. The summed E-state index contributed by atoms with van der Waals surface area (Å²) in [5.41, 5.74) is 1.94. The van der Waals surface area contributed by atoms with Crippen LogP contribution in [-0.2, 0) is 6.54 Å². The average molecular weight is 288 g/mol. The quantitative estimate of drug-likeness (QED) is 0.855. The second kappa shape index (κ2) is 6.95. The molecule has 0 aliphatic heterocycles. The maximum absolute atomic E-state index is 9.89. The summed E-state index contributed by atoms with van der Waals surface area (Å²) in [7, 11) is 3.03. The summed E-state index contributed by atoms with van der Waals surface area (Å²) in [4.78, 5) is 4.32. The minimum Gasteiger partial charge on any atom is -0.502 e. The zero-order valence-corrected chi connectivity index (χ0v) is 12.5. The number of aromatic nitrogens is 1. The van der Waals surface area contributed by atoms with Crippen molar-refractivity contribution < 1.29 is 14.6 Å². The third kappa shape index (κ3) is 3.64. The van der Waals surface area contributed by atoms with E-state index in [-0.39, 0.29) is 11.8 Å². The van der Waals surface area contributed by atoms with Crippen LogP contribution in [0.25, 0.3) is 0 Å². The van der Waals surface area contributed by atoms with Crippen LogP contribution in [-0.4, -0.2) is 24.3 Å². The Balaban J connectivity index is 2.09. The molecule has 1 aromatic carbocycles. The van der Waals surface area contributed by atoms with E-state index in [1.165, 1.54) is 14.2 Å². The van der Waals surface area contributed by atoms with E-state index in [2.05, 4.69) is 17.2 Å². The summed E-state index contributed by atoms with van der Waals surface area (Å²) in [5, 5.41) is 13.3. The molecule has 1 aromatic heterocycles. The molecule has 0 bridgehead atoms. The zero-order valence-electron chi connectivity index (χ0n) is 12.5. The molecule has 2 rings (SSSR count). The molecule has 0 saturated carbocycles. The topological polar surface area (TPSA) is 63.6 Å². The summed E-state index contributed by atoms with van der Waals surface area (Å²) in [6.45, 7) is 2.67. The predicted octanol–water partition coefficient (Wildman–Crippen LogP) is 2.66. The summed E-state index contributed by atoms with van der Waals surface area (Å²) < 4.78 is 10.3. The van der Waals surface area contributed by atoms with Gasteiger partial charge in [-0.15, -0.1) is 0 Å². The number of rotatable bonds is 6. The number of phenols is 1. The first-order chi connectivity index (χ1) is 10.2. The van der Waals surface area contributed by atoms with Gasteiger partial charge < -0.3 is 19.9 Å². The minimum absolute atomic E-state index is 0.0153. The van der Waals surface area contributed by atoms with E-state index in [0.29, 0.717) is 18.0 Å². The fourth-order valence-electron chi connectivity index (χ4n) is 2.06. The molecule has 5 nitrogen and oxygen atoms in total. The normalized spacial score (nSPS) is 12.0. The Bertz CT molecular complexity index is 562. The smallest absolute Gasteiger partial charge is 0.200 e. The fourth-order valence-corrected chi connectivity index (χ4v) is 2.06. The first-order valence-corrected chi connectivity index (χ1v) is 6.74. The van der Waals surface area contributed by atoms with E-state index in [1.54, 1.807) is 18.3 Å². The number of phenolic OH excluding ortho intramolecular Hbond substituents is 1. The number of hydrogen-bond donors (Lipinski definition) is 2. The number of benzene rings is 1. The van der Waals surface area contributed by atoms with Crippen molar-refractivity contribution in [1.29, 1.82) is 0 Å². The lowest BCUT2D eigenvalue weighted by atomic mass is 10.1. The minimum atomic E-state index is 0.0153. The largest absolute Gasteiger partial charge is 0.502 e. The molecule has 0 aliphatic carbocycles. The summed E-state index contributed by atoms with van der Waals surface area (Å²) >= 11 is 0. The summed E-state index contributed by atoms with van der Waals surface area (Å²) in [6, 6.07) is 9.54. The highest BCUT2D eigenvalue weighted by Crippen LogP contribution is 2.37. The number of methoxy groups -OCH3 is 2. The van der Waals surface area contributed by atoms with Crippen LogP contribution in [0.15, 0.2) is 36.5 Å². The molecule has 0 saturated heterocycles. The summed E-state index contributed by atoms with van der Waals surface area (Å²) in [5.74, 6) is 0.815. The molecule has 5 heteroatoms. The highest BCUT2D eigenvalue weighted by molar-refractivity contribution is 5.52. The van der Waals surface area contributed by atoms with Crippen molar-refractivity contribution in [3.8, 4) is 17.2 Å². The van der Waals surface area contributed by atoms with Gasteiger partial charge in [-0.1, -0.05) is 6.07 Å². The molecule has 21 heavy (non-hydrogen) atoms. The molecule has 2 aromatic rings. The number of ether oxygens (including phenoxy) is 2. The van der Waals surface area contributed by atoms with Crippen LogP contribution in [0.4, 0.5) is 0 Å². The van der Waals surface area contributed by atoms with Crippen molar-refractivity contribution >= 4 is 0 Å². The lowest BCUT2D eigenvalue weighted by Gasteiger charge is -2.15. The zero-order chi connectivity index (χ0) is 15.2. The van der Waals surface area contributed by atoms with Gasteiger partial charge in [0.15, 0.2) is 11.5 Å². The van der Waals surface area contributed by atoms with Crippen LogP contribution in [0.5, 0.6) is 17.2 Å². The van der Waals surface area contributed by atoms with Crippen molar-refractivity contribution in [2.75, 3.05) is 14.2 Å². The molecule has 1 atom stereocenters. The van der Waals surface area contributed by atoms with Crippen LogP contribution >= 0.6 is 0 Å². The van der Waals surface area contributed by atoms with E-state index >= 15 is 0 Å². The molecule has 0 radical (unpaired) electrons. The monoisotopic (exact) mass is 288 g/mol. The van der Waals surface area contributed by atoms with Crippen molar-refractivity contribution in [2.45, 2.75) is 19.5 Å². The molecular weight excluding hydrogens is 268 g/mol. The van der Waals surface area contributed by atoms with Crippen molar-refractivity contribution in [3.05, 3.63) is 47.8 Å². The highest BCUT2D eigenvalue weighted by atomic mass is 16.5. The number of nitrogens with zero attached hydrogens (tertiary/aromatic N) is 1. The van der Waals surface area contributed by atoms with Crippen molar-refractivity contribution in [3.63, 3.8) is 0 Å². The van der Waals surface area contributed by atoms with Gasteiger partial charge in [-0.25, -0.2) is 0 Å².